The van der Waals surface area contributed by atoms with Gasteiger partial charge in [0.15, 0.2) is 11.6 Å². The van der Waals surface area contributed by atoms with Gasteiger partial charge in [-0.15, -0.1) is 0 Å². The van der Waals surface area contributed by atoms with Gasteiger partial charge in [0.05, 0.1) is 19.1 Å². The quantitative estimate of drug-likeness (QED) is 0.779. The van der Waals surface area contributed by atoms with Crippen molar-refractivity contribution < 1.29 is 27.8 Å². The smallest absolute Gasteiger partial charge is 0.308 e. The highest BCUT2D eigenvalue weighted by molar-refractivity contribution is 5.70. The molecule has 0 spiro atoms. The summed E-state index contributed by atoms with van der Waals surface area (Å²) in [7, 11) is 0. The summed E-state index contributed by atoms with van der Waals surface area (Å²) in [5.41, 5.74) is -0.552. The van der Waals surface area contributed by atoms with E-state index in [1.54, 1.807) is 6.92 Å². The second-order valence-electron chi connectivity index (χ2n) is 3.79. The van der Waals surface area contributed by atoms with Crippen LogP contribution in [-0.2, 0) is 9.53 Å². The van der Waals surface area contributed by atoms with Crippen molar-refractivity contribution in [1.29, 1.82) is 0 Å². The molecule has 19 heavy (non-hydrogen) atoms. The molecular formula is C12H14F3NO3. The molecule has 0 aromatic heterocycles. The Balaban J connectivity index is 2.55. The van der Waals surface area contributed by atoms with E-state index in [9.17, 15) is 23.1 Å². The third kappa shape index (κ3) is 4.78. The second kappa shape index (κ2) is 6.98. The summed E-state index contributed by atoms with van der Waals surface area (Å²) < 4.78 is 43.7. The minimum absolute atomic E-state index is 0.181. The fraction of sp³-hybridized carbons (Fsp3) is 0.417. The zero-order chi connectivity index (χ0) is 14.4. The van der Waals surface area contributed by atoms with Crippen molar-refractivity contribution in [2.24, 2.45) is 0 Å². The molecule has 0 saturated heterocycles. The Kier molecular flexibility index (Phi) is 5.62. The second-order valence-corrected chi connectivity index (χ2v) is 3.79. The molecule has 1 atom stereocenters. The molecule has 0 saturated carbocycles. The summed E-state index contributed by atoms with van der Waals surface area (Å²) in [6, 6.07) is 1.03. The van der Waals surface area contributed by atoms with E-state index < -0.39 is 35.2 Å². The third-order valence-electron chi connectivity index (χ3n) is 2.23. The third-order valence-corrected chi connectivity index (χ3v) is 2.23. The molecule has 106 valence electrons. The molecule has 4 nitrogen and oxygen atoms in total. The lowest BCUT2D eigenvalue weighted by atomic mass is 10.2. The van der Waals surface area contributed by atoms with E-state index in [4.69, 9.17) is 0 Å². The van der Waals surface area contributed by atoms with Crippen LogP contribution in [0.25, 0.3) is 0 Å². The minimum Gasteiger partial charge on any atom is -0.466 e. The van der Waals surface area contributed by atoms with Gasteiger partial charge in [-0.3, -0.25) is 4.79 Å². The van der Waals surface area contributed by atoms with Crippen LogP contribution in [0.1, 0.15) is 13.3 Å². The Hall–Kier alpha value is -1.76. The highest BCUT2D eigenvalue weighted by Gasteiger charge is 2.15. The monoisotopic (exact) mass is 277 g/mol. The van der Waals surface area contributed by atoms with E-state index in [1.165, 1.54) is 0 Å². The summed E-state index contributed by atoms with van der Waals surface area (Å²) in [6.07, 6.45) is -1.46. The molecule has 0 amide bonds. The first-order chi connectivity index (χ1) is 8.93. The lowest BCUT2D eigenvalue weighted by Crippen LogP contribution is -2.24. The molecule has 1 aromatic carbocycles. The topological polar surface area (TPSA) is 58.6 Å². The van der Waals surface area contributed by atoms with E-state index in [1.807, 2.05) is 0 Å². The molecule has 0 aliphatic heterocycles. The van der Waals surface area contributed by atoms with Crippen LogP contribution < -0.4 is 5.32 Å². The summed E-state index contributed by atoms with van der Waals surface area (Å²) >= 11 is 0. The lowest BCUT2D eigenvalue weighted by molar-refractivity contribution is -0.145. The van der Waals surface area contributed by atoms with Crippen molar-refractivity contribution in [2.45, 2.75) is 19.4 Å². The summed E-state index contributed by atoms with van der Waals surface area (Å²) in [4.78, 5) is 11.0. The molecule has 7 heteroatoms. The summed E-state index contributed by atoms with van der Waals surface area (Å²) in [5, 5.41) is 11.7. The molecule has 1 unspecified atom stereocenters. The van der Waals surface area contributed by atoms with Gasteiger partial charge in [-0.2, -0.15) is 0 Å². The van der Waals surface area contributed by atoms with Crippen molar-refractivity contribution in [2.75, 3.05) is 18.5 Å². The number of halogens is 3. The molecule has 1 rings (SSSR count). The van der Waals surface area contributed by atoms with Gasteiger partial charge in [0.1, 0.15) is 11.5 Å². The number of rotatable bonds is 6. The number of carbonyl (C=O) groups is 1. The first kappa shape index (κ1) is 15.3. The van der Waals surface area contributed by atoms with E-state index in [-0.39, 0.29) is 19.6 Å². The molecule has 1 aromatic rings. The number of anilines is 1. The number of carbonyl (C=O) groups excluding carboxylic acids is 1. The summed E-state index contributed by atoms with van der Waals surface area (Å²) in [5.74, 6) is -3.87. The van der Waals surface area contributed by atoms with E-state index in [2.05, 4.69) is 10.1 Å². The molecule has 0 radical (unpaired) electrons. The molecular weight excluding hydrogens is 263 g/mol. The van der Waals surface area contributed by atoms with Gasteiger partial charge in [-0.05, 0) is 6.92 Å². The van der Waals surface area contributed by atoms with Crippen LogP contribution in [0.3, 0.4) is 0 Å². The average Bonchev–Trinajstić information content (AvgIpc) is 2.27. The largest absolute Gasteiger partial charge is 0.466 e. The number of hydrogen-bond acceptors (Lipinski definition) is 4. The van der Waals surface area contributed by atoms with Crippen molar-refractivity contribution in [3.8, 4) is 0 Å². The Labute approximate surface area is 108 Å². The predicted octanol–water partition coefficient (Wildman–Crippen LogP) is 1.83. The van der Waals surface area contributed by atoms with Gasteiger partial charge >= 0.3 is 5.97 Å². The molecule has 2 N–H and O–H groups in total. The van der Waals surface area contributed by atoms with Crippen molar-refractivity contribution in [3.05, 3.63) is 29.6 Å². The van der Waals surface area contributed by atoms with Gasteiger partial charge in [0, 0.05) is 18.7 Å². The predicted molar refractivity (Wildman–Crippen MR) is 62.1 cm³/mol. The van der Waals surface area contributed by atoms with Gasteiger partial charge in [-0.25, -0.2) is 13.2 Å². The molecule has 0 heterocycles. The van der Waals surface area contributed by atoms with Crippen LogP contribution in [0.4, 0.5) is 18.9 Å². The Morgan fingerprint density at radius 1 is 1.37 bits per heavy atom. The lowest BCUT2D eigenvalue weighted by Gasteiger charge is -2.13. The molecule has 0 aliphatic carbocycles. The zero-order valence-corrected chi connectivity index (χ0v) is 10.3. The minimum atomic E-state index is -1.16. The van der Waals surface area contributed by atoms with Crippen LogP contribution in [-0.4, -0.2) is 30.3 Å². The fourth-order valence-electron chi connectivity index (χ4n) is 1.42. The number of ether oxygens (including phenoxy) is 1. The number of aliphatic hydroxyl groups is 1. The van der Waals surface area contributed by atoms with E-state index >= 15 is 0 Å². The van der Waals surface area contributed by atoms with Gasteiger partial charge < -0.3 is 15.2 Å². The van der Waals surface area contributed by atoms with Gasteiger partial charge in [-0.1, -0.05) is 0 Å². The van der Waals surface area contributed by atoms with Crippen molar-refractivity contribution in [1.82, 2.24) is 0 Å². The number of benzene rings is 1. The van der Waals surface area contributed by atoms with Crippen LogP contribution in [0.15, 0.2) is 12.1 Å². The first-order valence-corrected chi connectivity index (χ1v) is 5.66. The van der Waals surface area contributed by atoms with Crippen LogP contribution in [0.2, 0.25) is 0 Å². The Morgan fingerprint density at radius 3 is 2.47 bits per heavy atom. The van der Waals surface area contributed by atoms with E-state index in [0.29, 0.717) is 12.1 Å². The van der Waals surface area contributed by atoms with E-state index in [0.717, 1.165) is 0 Å². The van der Waals surface area contributed by atoms with Crippen LogP contribution >= 0.6 is 0 Å². The highest BCUT2D eigenvalue weighted by atomic mass is 19.1. The molecule has 0 fully saturated rings. The van der Waals surface area contributed by atoms with Gasteiger partial charge in [0.2, 0.25) is 0 Å². The summed E-state index contributed by atoms with van der Waals surface area (Å²) in [6.45, 7) is 1.53. The number of aliphatic hydroxyl groups excluding tert-OH is 1. The fourth-order valence-corrected chi connectivity index (χ4v) is 1.42. The number of hydrogen-bond donors (Lipinski definition) is 2. The maximum Gasteiger partial charge on any atom is 0.308 e. The number of nitrogens with one attached hydrogen (secondary N) is 1. The molecule has 0 aliphatic rings. The highest BCUT2D eigenvalue weighted by Crippen LogP contribution is 2.20. The van der Waals surface area contributed by atoms with Gasteiger partial charge in [0.25, 0.3) is 0 Å². The van der Waals surface area contributed by atoms with Crippen molar-refractivity contribution >= 4 is 11.7 Å². The van der Waals surface area contributed by atoms with Crippen LogP contribution in [0, 0.1) is 17.5 Å². The normalized spacial score (nSPS) is 12.1. The maximum absolute atomic E-state index is 13.2. The standard InChI is InChI=1S/C12H14F3NO3/c1-2-19-11(18)5-8(17)6-16-12-9(14)3-7(13)4-10(12)15/h3-4,8,16-17H,2,5-6H2,1H3. The Bertz CT molecular complexity index is 431. The van der Waals surface area contributed by atoms with Crippen LogP contribution in [0.5, 0.6) is 0 Å². The maximum atomic E-state index is 13.2. The zero-order valence-electron chi connectivity index (χ0n) is 10.3. The van der Waals surface area contributed by atoms with Crippen molar-refractivity contribution in [3.63, 3.8) is 0 Å². The SMILES string of the molecule is CCOC(=O)CC(O)CNc1c(F)cc(F)cc1F. The number of esters is 1. The Morgan fingerprint density at radius 2 is 1.95 bits per heavy atom. The average molecular weight is 277 g/mol. The molecule has 0 bridgehead atoms. The first-order valence-electron chi connectivity index (χ1n) is 5.66.